The smallest absolute Gasteiger partial charge is 0.270 e. The summed E-state index contributed by atoms with van der Waals surface area (Å²) in [6.07, 6.45) is -4.37. The van der Waals surface area contributed by atoms with Crippen molar-refractivity contribution in [2.75, 3.05) is 5.73 Å². The number of nitrogen functional groups attached to an aromatic ring is 1. The van der Waals surface area contributed by atoms with Crippen molar-refractivity contribution < 1.29 is 31.3 Å². The van der Waals surface area contributed by atoms with Crippen molar-refractivity contribution in [3.63, 3.8) is 0 Å². The molecule has 0 spiro atoms. The fourth-order valence-corrected chi connectivity index (χ4v) is 5.18. The maximum atomic E-state index is 14.4. The number of hydrogen-bond acceptors (Lipinski definition) is 5. The summed E-state index contributed by atoms with van der Waals surface area (Å²) in [5.41, 5.74) is -1.68. The van der Waals surface area contributed by atoms with E-state index in [4.69, 9.17) is 30.2 Å². The number of nitrogens with one attached hydrogen (secondary N) is 2. The van der Waals surface area contributed by atoms with Gasteiger partial charge in [0.1, 0.15) is 34.0 Å². The molecule has 2 aliphatic rings. The third-order valence-electron chi connectivity index (χ3n) is 7.34. The zero-order valence-corrected chi connectivity index (χ0v) is 23.6. The number of nitrogens with two attached hydrogens (primary N) is 1. The zero-order chi connectivity index (χ0) is 30.4. The third-order valence-corrected chi connectivity index (χ3v) is 8.40. The van der Waals surface area contributed by atoms with Gasteiger partial charge >= 0.3 is 0 Å². The highest BCUT2D eigenvalue weighted by molar-refractivity contribution is 7.80. The number of nitrogens with zero attached hydrogens (tertiary/aromatic N) is 1. The van der Waals surface area contributed by atoms with Gasteiger partial charge in [-0.2, -0.15) is 0 Å². The predicted octanol–water partition coefficient (Wildman–Crippen LogP) is 6.35. The van der Waals surface area contributed by atoms with Gasteiger partial charge < -0.3 is 16.4 Å². The van der Waals surface area contributed by atoms with E-state index in [0.29, 0.717) is 5.69 Å². The van der Waals surface area contributed by atoms with E-state index in [2.05, 4.69) is 10.6 Å². The van der Waals surface area contributed by atoms with Crippen LogP contribution < -0.4 is 16.4 Å². The number of halogens is 6. The van der Waals surface area contributed by atoms with E-state index in [1.165, 1.54) is 32.9 Å². The Balaban J connectivity index is 0.000000222. The lowest BCUT2D eigenvalue weighted by atomic mass is 9.78. The quantitative estimate of drug-likeness (QED) is 0.123. The normalized spacial score (nSPS) is 33.8. The molecule has 2 aliphatic heterocycles. The van der Waals surface area contributed by atoms with Gasteiger partial charge in [-0.3, -0.25) is 10.1 Å². The second kappa shape index (κ2) is 10.8. The molecule has 2 saturated heterocycles. The Bertz CT molecular complexity index is 1360. The Hall–Kier alpha value is -3.00. The molecule has 40 heavy (non-hydrogen) atoms. The van der Waals surface area contributed by atoms with Gasteiger partial charge in [0.05, 0.1) is 16.0 Å². The standard InChI is InChI=1S/C13H13F3N2O2S.C13H15F3N2S/c1-12(16)6-10(15)13(2,17-11(12)21)8-5-7(18(19)20)3-4-9(8)14;1-12(16)6-10(15)13(2,18-11(12)19)8-5-7(17)3-4-9(8)14/h3-5,10H,6H2,1-2H3,(H,17,21);3-5,10H,6,17H2,1-2H3,(H,18,19)/t2*10-,12-,13+/m00/s1. The molecule has 4 rings (SSSR count). The van der Waals surface area contributed by atoms with Crippen LogP contribution in [-0.2, 0) is 11.1 Å². The minimum atomic E-state index is -2.04. The summed E-state index contributed by atoms with van der Waals surface area (Å²) in [6.45, 7) is 5.11. The summed E-state index contributed by atoms with van der Waals surface area (Å²) in [4.78, 5) is 9.71. The lowest BCUT2D eigenvalue weighted by molar-refractivity contribution is -0.385. The molecular formula is C26H28F6N4O2S2. The van der Waals surface area contributed by atoms with E-state index in [1.807, 2.05) is 0 Å². The maximum absolute atomic E-state index is 14.4. The first-order valence-corrected chi connectivity index (χ1v) is 12.9. The van der Waals surface area contributed by atoms with Crippen LogP contribution in [0, 0.1) is 21.7 Å². The summed E-state index contributed by atoms with van der Waals surface area (Å²) in [6, 6.07) is 6.71. The van der Waals surface area contributed by atoms with Gasteiger partial charge in [-0.1, -0.05) is 24.4 Å². The first-order valence-electron chi connectivity index (χ1n) is 12.1. The summed E-state index contributed by atoms with van der Waals surface area (Å²) in [5.74, 6) is -1.42. The Morgan fingerprint density at radius 1 is 0.850 bits per heavy atom. The number of rotatable bonds is 3. The van der Waals surface area contributed by atoms with Crippen LogP contribution in [-0.4, -0.2) is 38.6 Å². The summed E-state index contributed by atoms with van der Waals surface area (Å²) < 4.78 is 84.6. The molecule has 2 heterocycles. The second-order valence-electron chi connectivity index (χ2n) is 10.7. The van der Waals surface area contributed by atoms with Gasteiger partial charge in [-0.15, -0.1) is 0 Å². The molecule has 0 unspecified atom stereocenters. The molecule has 0 aliphatic carbocycles. The van der Waals surface area contributed by atoms with E-state index in [0.717, 1.165) is 31.2 Å². The first kappa shape index (κ1) is 31.5. The second-order valence-corrected chi connectivity index (χ2v) is 11.5. The molecule has 0 saturated carbocycles. The number of anilines is 1. The van der Waals surface area contributed by atoms with E-state index < -0.39 is 64.2 Å². The first-order chi connectivity index (χ1) is 18.2. The SMILES string of the molecule is C[C@]1(F)C[C@H](F)[C@@](C)(c2cc(N)ccc2F)NC1=S.C[C@]1(F)C[C@H](F)[C@@](C)(c2cc([N+](=O)[O-])ccc2F)NC1=S. The van der Waals surface area contributed by atoms with Gasteiger partial charge in [-0.05, 0) is 52.0 Å². The Kier molecular flexibility index (Phi) is 8.49. The number of nitro groups is 1. The van der Waals surface area contributed by atoms with Crippen LogP contribution >= 0.6 is 24.4 Å². The van der Waals surface area contributed by atoms with Gasteiger partial charge in [0.25, 0.3) is 5.69 Å². The lowest BCUT2D eigenvalue weighted by Crippen LogP contribution is -2.61. The number of hydrogen-bond donors (Lipinski definition) is 3. The van der Waals surface area contributed by atoms with Crippen molar-refractivity contribution in [2.45, 2.75) is 75.3 Å². The van der Waals surface area contributed by atoms with Crippen molar-refractivity contribution in [3.05, 3.63) is 69.3 Å². The Morgan fingerprint density at radius 2 is 1.25 bits per heavy atom. The van der Waals surface area contributed by atoms with E-state index in [-0.39, 0.29) is 26.8 Å². The highest BCUT2D eigenvalue weighted by Crippen LogP contribution is 2.41. The molecule has 6 atom stereocenters. The van der Waals surface area contributed by atoms with Crippen molar-refractivity contribution in [1.82, 2.24) is 10.6 Å². The van der Waals surface area contributed by atoms with Crippen molar-refractivity contribution >= 4 is 45.8 Å². The average molecular weight is 607 g/mol. The van der Waals surface area contributed by atoms with Crippen molar-refractivity contribution in [1.29, 1.82) is 0 Å². The predicted molar refractivity (Wildman–Crippen MR) is 148 cm³/mol. The molecule has 2 fully saturated rings. The molecule has 0 radical (unpaired) electrons. The highest BCUT2D eigenvalue weighted by Gasteiger charge is 2.52. The van der Waals surface area contributed by atoms with Gasteiger partial charge in [0.15, 0.2) is 11.3 Å². The van der Waals surface area contributed by atoms with Gasteiger partial charge in [0.2, 0.25) is 0 Å². The Morgan fingerprint density at radius 3 is 1.68 bits per heavy atom. The van der Waals surface area contributed by atoms with Gasteiger partial charge in [-0.25, -0.2) is 26.3 Å². The fraction of sp³-hybridized carbons (Fsp3) is 0.462. The van der Waals surface area contributed by atoms with Crippen LogP contribution in [0.15, 0.2) is 36.4 Å². The van der Waals surface area contributed by atoms with Crippen LogP contribution in [0.4, 0.5) is 37.7 Å². The fourth-order valence-electron chi connectivity index (χ4n) is 4.59. The van der Waals surface area contributed by atoms with Crippen molar-refractivity contribution in [2.24, 2.45) is 0 Å². The largest absolute Gasteiger partial charge is 0.399 e. The lowest BCUT2D eigenvalue weighted by Gasteiger charge is -2.44. The molecule has 0 aromatic heterocycles. The van der Waals surface area contributed by atoms with Crippen LogP contribution in [0.25, 0.3) is 0 Å². The topological polar surface area (TPSA) is 93.2 Å². The number of benzene rings is 2. The van der Waals surface area contributed by atoms with Crippen LogP contribution in [0.5, 0.6) is 0 Å². The molecule has 0 amide bonds. The average Bonchev–Trinajstić information content (AvgIpc) is 2.83. The molecule has 4 N–H and O–H groups in total. The van der Waals surface area contributed by atoms with Crippen LogP contribution in [0.1, 0.15) is 51.7 Å². The molecule has 2 aromatic rings. The minimum Gasteiger partial charge on any atom is -0.399 e. The van der Waals surface area contributed by atoms with Gasteiger partial charge in [0, 0.05) is 41.8 Å². The van der Waals surface area contributed by atoms with E-state index >= 15 is 0 Å². The molecule has 6 nitrogen and oxygen atoms in total. The van der Waals surface area contributed by atoms with Crippen LogP contribution in [0.3, 0.4) is 0 Å². The number of nitro benzene ring substituents is 1. The summed E-state index contributed by atoms with van der Waals surface area (Å²) in [7, 11) is 0. The summed E-state index contributed by atoms with van der Waals surface area (Å²) >= 11 is 9.78. The molecular weight excluding hydrogens is 578 g/mol. The van der Waals surface area contributed by atoms with Crippen molar-refractivity contribution in [3.8, 4) is 0 Å². The molecule has 2 aromatic carbocycles. The zero-order valence-electron chi connectivity index (χ0n) is 22.0. The molecule has 0 bridgehead atoms. The Labute approximate surface area is 237 Å². The molecule has 14 heteroatoms. The molecule has 218 valence electrons. The number of alkyl halides is 4. The van der Waals surface area contributed by atoms with E-state index in [9.17, 15) is 36.5 Å². The minimum absolute atomic E-state index is 0.0536. The third kappa shape index (κ3) is 5.87. The number of thiocarbonyl (C=S) groups is 2. The monoisotopic (exact) mass is 606 g/mol. The van der Waals surface area contributed by atoms with Crippen LogP contribution in [0.2, 0.25) is 0 Å². The highest BCUT2D eigenvalue weighted by atomic mass is 32.1. The number of piperidine rings is 2. The maximum Gasteiger partial charge on any atom is 0.270 e. The number of non-ortho nitro benzene ring substituents is 1. The van der Waals surface area contributed by atoms with E-state index in [1.54, 1.807) is 0 Å². The summed E-state index contributed by atoms with van der Waals surface area (Å²) in [5, 5.41) is 15.9.